The second-order valence-electron chi connectivity index (χ2n) is 5.32. The van der Waals surface area contributed by atoms with E-state index in [1.54, 1.807) is 0 Å². The molecular formula is C13H16FN3S. The molecule has 0 amide bonds. The lowest BCUT2D eigenvalue weighted by Crippen LogP contribution is -2.25. The van der Waals surface area contributed by atoms with E-state index in [1.165, 1.54) is 23.7 Å². The molecule has 0 aliphatic rings. The number of nitrogens with zero attached hydrogens (tertiary/aromatic N) is 2. The molecule has 5 heteroatoms. The van der Waals surface area contributed by atoms with E-state index in [0.717, 1.165) is 10.7 Å². The van der Waals surface area contributed by atoms with Crippen LogP contribution in [0.3, 0.4) is 0 Å². The first kappa shape index (κ1) is 13.0. The van der Waals surface area contributed by atoms with Crippen molar-refractivity contribution in [3.63, 3.8) is 0 Å². The first-order chi connectivity index (χ1) is 8.33. The number of halogens is 1. The number of hydrogen-bond acceptors (Lipinski definition) is 4. The van der Waals surface area contributed by atoms with E-state index in [1.807, 2.05) is 13.0 Å². The highest BCUT2D eigenvalue weighted by molar-refractivity contribution is 7.09. The third-order valence-corrected chi connectivity index (χ3v) is 2.84. The van der Waals surface area contributed by atoms with Crippen molar-refractivity contribution in [3.8, 4) is 11.4 Å². The molecule has 0 radical (unpaired) electrons. The van der Waals surface area contributed by atoms with Crippen LogP contribution in [-0.4, -0.2) is 14.9 Å². The maximum Gasteiger partial charge on any atom is 0.203 e. The predicted octanol–water partition coefficient (Wildman–Crippen LogP) is 3.86. The molecule has 0 bridgehead atoms. The first-order valence-electron chi connectivity index (χ1n) is 5.73. The Morgan fingerprint density at radius 1 is 1.22 bits per heavy atom. The van der Waals surface area contributed by atoms with Gasteiger partial charge in [-0.3, -0.25) is 0 Å². The molecule has 18 heavy (non-hydrogen) atoms. The van der Waals surface area contributed by atoms with Crippen molar-refractivity contribution in [1.82, 2.24) is 9.36 Å². The summed E-state index contributed by atoms with van der Waals surface area (Å²) in [4.78, 5) is 4.38. The van der Waals surface area contributed by atoms with Crippen LogP contribution >= 0.6 is 11.5 Å². The summed E-state index contributed by atoms with van der Waals surface area (Å²) >= 11 is 1.29. The van der Waals surface area contributed by atoms with Gasteiger partial charge in [0.25, 0.3) is 0 Å². The summed E-state index contributed by atoms with van der Waals surface area (Å²) in [6.45, 7) is 8.02. The van der Waals surface area contributed by atoms with Gasteiger partial charge in [-0.25, -0.2) is 4.39 Å². The Morgan fingerprint density at radius 3 is 2.56 bits per heavy atom. The highest BCUT2D eigenvalue weighted by Gasteiger charge is 2.14. The van der Waals surface area contributed by atoms with Crippen LogP contribution in [-0.2, 0) is 0 Å². The highest BCUT2D eigenvalue weighted by atomic mass is 32.1. The molecule has 0 unspecified atom stereocenters. The van der Waals surface area contributed by atoms with Crippen molar-refractivity contribution >= 4 is 16.7 Å². The minimum atomic E-state index is -0.259. The number of benzene rings is 1. The van der Waals surface area contributed by atoms with Gasteiger partial charge in [-0.1, -0.05) is 0 Å². The van der Waals surface area contributed by atoms with Crippen LogP contribution in [0.4, 0.5) is 9.52 Å². The Kier molecular flexibility index (Phi) is 3.34. The molecule has 2 aromatic rings. The predicted molar refractivity (Wildman–Crippen MR) is 73.4 cm³/mol. The summed E-state index contributed by atoms with van der Waals surface area (Å²) in [5, 5.41) is 4.00. The van der Waals surface area contributed by atoms with Gasteiger partial charge in [0, 0.05) is 22.6 Å². The summed E-state index contributed by atoms with van der Waals surface area (Å²) in [5.41, 5.74) is 1.52. The minimum absolute atomic E-state index is 0.0609. The van der Waals surface area contributed by atoms with E-state index in [2.05, 4.69) is 35.4 Å². The van der Waals surface area contributed by atoms with Gasteiger partial charge in [0.15, 0.2) is 5.82 Å². The maximum atomic E-state index is 13.3. The number of aryl methyl sites for hydroxylation is 1. The lowest BCUT2D eigenvalue weighted by Gasteiger charge is -2.18. The summed E-state index contributed by atoms with van der Waals surface area (Å²) in [5.74, 6) is 0.305. The summed E-state index contributed by atoms with van der Waals surface area (Å²) in [6.07, 6.45) is 0. The standard InChI is InChI=1S/C13H16FN3S/c1-8-5-9(7-10(14)6-8)11-15-12(18-17-11)16-13(2,3)4/h5-7H,1-4H3,(H,15,16,17). The highest BCUT2D eigenvalue weighted by Crippen LogP contribution is 2.24. The molecule has 1 aromatic carbocycles. The molecular weight excluding hydrogens is 249 g/mol. The monoisotopic (exact) mass is 265 g/mol. The largest absolute Gasteiger partial charge is 0.356 e. The Bertz CT molecular complexity index is 537. The number of nitrogens with one attached hydrogen (secondary N) is 1. The Hall–Kier alpha value is -1.49. The number of anilines is 1. The van der Waals surface area contributed by atoms with Crippen LogP contribution in [0.5, 0.6) is 0 Å². The fourth-order valence-corrected chi connectivity index (χ4v) is 2.38. The van der Waals surface area contributed by atoms with Crippen LogP contribution in [0.25, 0.3) is 11.4 Å². The fraction of sp³-hybridized carbons (Fsp3) is 0.385. The number of aromatic nitrogens is 2. The van der Waals surface area contributed by atoms with Gasteiger partial charge in [-0.2, -0.15) is 9.36 Å². The number of hydrogen-bond donors (Lipinski definition) is 1. The molecule has 1 N–H and O–H groups in total. The molecule has 2 rings (SSSR count). The maximum absolute atomic E-state index is 13.3. The van der Waals surface area contributed by atoms with Crippen molar-refractivity contribution in [2.75, 3.05) is 5.32 Å². The molecule has 1 aromatic heterocycles. The number of rotatable bonds is 2. The average molecular weight is 265 g/mol. The molecule has 0 aliphatic carbocycles. The van der Waals surface area contributed by atoms with E-state index in [9.17, 15) is 4.39 Å². The zero-order chi connectivity index (χ0) is 13.3. The van der Waals surface area contributed by atoms with E-state index in [0.29, 0.717) is 11.4 Å². The molecule has 0 saturated carbocycles. The third kappa shape index (κ3) is 3.26. The van der Waals surface area contributed by atoms with Crippen molar-refractivity contribution < 1.29 is 4.39 Å². The fourth-order valence-electron chi connectivity index (χ4n) is 1.58. The minimum Gasteiger partial charge on any atom is -0.356 e. The average Bonchev–Trinajstić information content (AvgIpc) is 2.61. The molecule has 96 valence electrons. The van der Waals surface area contributed by atoms with Crippen LogP contribution in [0.1, 0.15) is 26.3 Å². The van der Waals surface area contributed by atoms with Crippen molar-refractivity contribution in [2.45, 2.75) is 33.2 Å². The zero-order valence-electron chi connectivity index (χ0n) is 10.9. The van der Waals surface area contributed by atoms with Crippen molar-refractivity contribution in [2.24, 2.45) is 0 Å². The second kappa shape index (κ2) is 4.65. The Labute approximate surface area is 110 Å². The van der Waals surface area contributed by atoms with Gasteiger partial charge in [0.1, 0.15) is 5.82 Å². The molecule has 0 fully saturated rings. The van der Waals surface area contributed by atoms with Gasteiger partial charge < -0.3 is 5.32 Å². The second-order valence-corrected chi connectivity index (χ2v) is 6.07. The van der Waals surface area contributed by atoms with Gasteiger partial charge in [0.05, 0.1) is 0 Å². The van der Waals surface area contributed by atoms with Crippen LogP contribution in [0.15, 0.2) is 18.2 Å². The molecule has 0 spiro atoms. The van der Waals surface area contributed by atoms with Crippen LogP contribution in [0, 0.1) is 12.7 Å². The molecule has 0 aliphatic heterocycles. The van der Waals surface area contributed by atoms with Gasteiger partial charge in [-0.15, -0.1) is 0 Å². The smallest absolute Gasteiger partial charge is 0.203 e. The van der Waals surface area contributed by atoms with Gasteiger partial charge in [0.2, 0.25) is 5.13 Å². The quantitative estimate of drug-likeness (QED) is 0.896. The normalized spacial score (nSPS) is 11.6. The lowest BCUT2D eigenvalue weighted by atomic mass is 10.1. The Morgan fingerprint density at radius 2 is 1.94 bits per heavy atom. The Balaban J connectivity index is 2.29. The van der Waals surface area contributed by atoms with Gasteiger partial charge >= 0.3 is 0 Å². The summed E-state index contributed by atoms with van der Waals surface area (Å²) in [7, 11) is 0. The van der Waals surface area contributed by atoms with Crippen molar-refractivity contribution in [1.29, 1.82) is 0 Å². The topological polar surface area (TPSA) is 37.8 Å². The third-order valence-electron chi connectivity index (χ3n) is 2.21. The van der Waals surface area contributed by atoms with Gasteiger partial charge in [-0.05, 0) is 51.5 Å². The van der Waals surface area contributed by atoms with Crippen molar-refractivity contribution in [3.05, 3.63) is 29.6 Å². The van der Waals surface area contributed by atoms with E-state index >= 15 is 0 Å². The molecule has 1 heterocycles. The molecule has 0 saturated heterocycles. The van der Waals surface area contributed by atoms with E-state index < -0.39 is 0 Å². The van der Waals surface area contributed by atoms with Crippen LogP contribution < -0.4 is 5.32 Å². The molecule has 0 atom stereocenters. The molecule has 3 nitrogen and oxygen atoms in total. The zero-order valence-corrected chi connectivity index (χ0v) is 11.7. The lowest BCUT2D eigenvalue weighted by molar-refractivity contribution is 0.626. The van der Waals surface area contributed by atoms with Crippen LogP contribution in [0.2, 0.25) is 0 Å². The van der Waals surface area contributed by atoms with E-state index in [4.69, 9.17) is 0 Å². The summed E-state index contributed by atoms with van der Waals surface area (Å²) < 4.78 is 17.6. The first-order valence-corrected chi connectivity index (χ1v) is 6.50. The summed E-state index contributed by atoms with van der Waals surface area (Å²) in [6, 6.07) is 4.83. The van der Waals surface area contributed by atoms with E-state index in [-0.39, 0.29) is 11.4 Å². The SMILES string of the molecule is Cc1cc(F)cc(-c2nsc(NC(C)(C)C)n2)c1.